The number of para-hydroxylation sites is 1. The van der Waals surface area contributed by atoms with E-state index in [4.69, 9.17) is 9.47 Å². The molecule has 3 nitrogen and oxygen atoms in total. The van der Waals surface area contributed by atoms with Crippen LogP contribution in [0.3, 0.4) is 0 Å². The van der Waals surface area contributed by atoms with E-state index in [1.165, 1.54) is 18.4 Å². The van der Waals surface area contributed by atoms with Crippen LogP contribution in [0, 0.1) is 0 Å². The smallest absolute Gasteiger partial charge is 0.122 e. The highest BCUT2D eigenvalue weighted by molar-refractivity contribution is 5.33. The molecule has 1 aromatic rings. The van der Waals surface area contributed by atoms with Crippen LogP contribution in [0.1, 0.15) is 32.3 Å². The first-order chi connectivity index (χ1) is 9.31. The summed E-state index contributed by atoms with van der Waals surface area (Å²) in [5.74, 6) is 1.01. The van der Waals surface area contributed by atoms with E-state index in [0.717, 1.165) is 25.3 Å². The summed E-state index contributed by atoms with van der Waals surface area (Å²) in [4.78, 5) is 0. The van der Waals surface area contributed by atoms with Crippen LogP contribution < -0.4 is 10.1 Å². The van der Waals surface area contributed by atoms with Gasteiger partial charge in [0.05, 0.1) is 6.10 Å². The Morgan fingerprint density at radius 3 is 3.00 bits per heavy atom. The fourth-order valence-electron chi connectivity index (χ4n) is 2.51. The second kappa shape index (κ2) is 7.51. The zero-order valence-electron chi connectivity index (χ0n) is 12.0. The van der Waals surface area contributed by atoms with Gasteiger partial charge in [-0.1, -0.05) is 25.1 Å². The third-order valence-electron chi connectivity index (χ3n) is 3.70. The minimum atomic E-state index is 0.378. The first-order valence-electron chi connectivity index (χ1n) is 7.37. The van der Waals surface area contributed by atoms with Crippen molar-refractivity contribution in [1.29, 1.82) is 0 Å². The number of benzene rings is 1. The molecular formula is C16H25NO2. The highest BCUT2D eigenvalue weighted by Gasteiger charge is 2.21. The Balaban J connectivity index is 1.68. The minimum Gasteiger partial charge on any atom is -0.492 e. The van der Waals surface area contributed by atoms with Crippen molar-refractivity contribution in [3.05, 3.63) is 29.8 Å². The second-order valence-corrected chi connectivity index (χ2v) is 5.10. The monoisotopic (exact) mass is 263 g/mol. The SMILES string of the molecule is CCc1ccccc1OCCNC(C)C1CCCO1. The van der Waals surface area contributed by atoms with Gasteiger partial charge in [0, 0.05) is 19.2 Å². The topological polar surface area (TPSA) is 30.5 Å². The number of ether oxygens (including phenoxy) is 2. The Morgan fingerprint density at radius 2 is 2.26 bits per heavy atom. The lowest BCUT2D eigenvalue weighted by Crippen LogP contribution is -2.39. The van der Waals surface area contributed by atoms with Crippen molar-refractivity contribution < 1.29 is 9.47 Å². The summed E-state index contributed by atoms with van der Waals surface area (Å²) < 4.78 is 11.5. The molecule has 0 radical (unpaired) electrons. The third-order valence-corrected chi connectivity index (χ3v) is 3.70. The first-order valence-corrected chi connectivity index (χ1v) is 7.37. The van der Waals surface area contributed by atoms with Gasteiger partial charge >= 0.3 is 0 Å². The van der Waals surface area contributed by atoms with Gasteiger partial charge in [0.1, 0.15) is 12.4 Å². The number of hydrogen-bond donors (Lipinski definition) is 1. The van der Waals surface area contributed by atoms with E-state index in [9.17, 15) is 0 Å². The maximum absolute atomic E-state index is 5.84. The second-order valence-electron chi connectivity index (χ2n) is 5.10. The van der Waals surface area contributed by atoms with Crippen molar-refractivity contribution in [2.75, 3.05) is 19.8 Å². The van der Waals surface area contributed by atoms with E-state index in [0.29, 0.717) is 18.8 Å². The summed E-state index contributed by atoms with van der Waals surface area (Å²) in [7, 11) is 0. The predicted octanol–water partition coefficient (Wildman–Crippen LogP) is 2.78. The maximum Gasteiger partial charge on any atom is 0.122 e. The minimum absolute atomic E-state index is 0.378. The van der Waals surface area contributed by atoms with Crippen LogP contribution in [-0.2, 0) is 11.2 Å². The molecule has 1 N–H and O–H groups in total. The summed E-state index contributed by atoms with van der Waals surface area (Å²) in [5.41, 5.74) is 1.27. The maximum atomic E-state index is 5.84. The average Bonchev–Trinajstić information content (AvgIpc) is 2.98. The summed E-state index contributed by atoms with van der Waals surface area (Å²) in [6.45, 7) is 6.82. The quantitative estimate of drug-likeness (QED) is 0.767. The van der Waals surface area contributed by atoms with Crippen LogP contribution in [-0.4, -0.2) is 31.9 Å². The number of rotatable bonds is 7. The molecule has 0 bridgehead atoms. The first kappa shape index (κ1) is 14.4. The molecule has 0 aliphatic carbocycles. The lowest BCUT2D eigenvalue weighted by molar-refractivity contribution is 0.0824. The molecule has 1 heterocycles. The van der Waals surface area contributed by atoms with Crippen LogP contribution >= 0.6 is 0 Å². The van der Waals surface area contributed by atoms with Crippen LogP contribution in [0.5, 0.6) is 5.75 Å². The third kappa shape index (κ3) is 4.22. The van der Waals surface area contributed by atoms with Crippen molar-refractivity contribution >= 4 is 0 Å². The van der Waals surface area contributed by atoms with Gasteiger partial charge in [-0.05, 0) is 37.8 Å². The molecule has 0 saturated carbocycles. The fourth-order valence-corrected chi connectivity index (χ4v) is 2.51. The van der Waals surface area contributed by atoms with Gasteiger partial charge in [-0.15, -0.1) is 0 Å². The van der Waals surface area contributed by atoms with Crippen molar-refractivity contribution in [2.24, 2.45) is 0 Å². The molecule has 2 unspecified atom stereocenters. The highest BCUT2D eigenvalue weighted by atomic mass is 16.5. The Kier molecular flexibility index (Phi) is 5.67. The van der Waals surface area contributed by atoms with E-state index in [-0.39, 0.29) is 0 Å². The molecule has 0 amide bonds. The molecular weight excluding hydrogens is 238 g/mol. The fraction of sp³-hybridized carbons (Fsp3) is 0.625. The van der Waals surface area contributed by atoms with E-state index in [2.05, 4.69) is 31.3 Å². The van der Waals surface area contributed by atoms with Crippen LogP contribution in [0.15, 0.2) is 24.3 Å². The van der Waals surface area contributed by atoms with Gasteiger partial charge in [-0.25, -0.2) is 0 Å². The van der Waals surface area contributed by atoms with E-state index >= 15 is 0 Å². The van der Waals surface area contributed by atoms with Crippen LogP contribution in [0.2, 0.25) is 0 Å². The van der Waals surface area contributed by atoms with Gasteiger partial charge in [-0.2, -0.15) is 0 Å². The molecule has 0 spiro atoms. The molecule has 106 valence electrons. The molecule has 1 aromatic carbocycles. The zero-order chi connectivity index (χ0) is 13.5. The summed E-state index contributed by atoms with van der Waals surface area (Å²) in [6.07, 6.45) is 3.75. The molecule has 3 heteroatoms. The van der Waals surface area contributed by atoms with Crippen molar-refractivity contribution in [2.45, 2.75) is 45.3 Å². The molecule has 2 rings (SSSR count). The molecule has 1 fully saturated rings. The van der Waals surface area contributed by atoms with E-state index < -0.39 is 0 Å². The normalized spacial score (nSPS) is 20.4. The van der Waals surface area contributed by atoms with Crippen molar-refractivity contribution in [3.63, 3.8) is 0 Å². The lowest BCUT2D eigenvalue weighted by Gasteiger charge is -2.20. The average molecular weight is 263 g/mol. The summed E-state index contributed by atoms with van der Waals surface area (Å²) in [5, 5.41) is 3.48. The summed E-state index contributed by atoms with van der Waals surface area (Å²) >= 11 is 0. The number of nitrogens with one attached hydrogen (secondary N) is 1. The molecule has 1 aliphatic rings. The Hall–Kier alpha value is -1.06. The predicted molar refractivity (Wildman–Crippen MR) is 77.8 cm³/mol. The van der Waals surface area contributed by atoms with Crippen molar-refractivity contribution in [1.82, 2.24) is 5.32 Å². The van der Waals surface area contributed by atoms with Gasteiger partial charge in [0.25, 0.3) is 0 Å². The van der Waals surface area contributed by atoms with E-state index in [1.807, 2.05) is 12.1 Å². The van der Waals surface area contributed by atoms with Gasteiger partial charge in [0.15, 0.2) is 0 Å². The highest BCUT2D eigenvalue weighted by Crippen LogP contribution is 2.18. The molecule has 2 atom stereocenters. The lowest BCUT2D eigenvalue weighted by atomic mass is 10.1. The molecule has 19 heavy (non-hydrogen) atoms. The Labute approximate surface area is 116 Å². The Morgan fingerprint density at radius 1 is 1.42 bits per heavy atom. The molecule has 1 aliphatic heterocycles. The van der Waals surface area contributed by atoms with Gasteiger partial charge in [0.2, 0.25) is 0 Å². The largest absolute Gasteiger partial charge is 0.492 e. The van der Waals surface area contributed by atoms with Crippen LogP contribution in [0.4, 0.5) is 0 Å². The van der Waals surface area contributed by atoms with Gasteiger partial charge < -0.3 is 14.8 Å². The summed E-state index contributed by atoms with van der Waals surface area (Å²) in [6, 6.07) is 8.66. The number of aryl methyl sites for hydroxylation is 1. The van der Waals surface area contributed by atoms with E-state index in [1.54, 1.807) is 0 Å². The molecule has 1 saturated heterocycles. The van der Waals surface area contributed by atoms with Gasteiger partial charge in [-0.3, -0.25) is 0 Å². The molecule has 0 aromatic heterocycles. The standard InChI is InChI=1S/C16H25NO2/c1-3-14-7-4-5-8-16(14)19-12-10-17-13(2)15-9-6-11-18-15/h4-5,7-8,13,15,17H,3,6,9-12H2,1-2H3. The number of hydrogen-bond acceptors (Lipinski definition) is 3. The van der Waals surface area contributed by atoms with Crippen LogP contribution in [0.25, 0.3) is 0 Å². The zero-order valence-corrected chi connectivity index (χ0v) is 12.0. The van der Waals surface area contributed by atoms with Crippen molar-refractivity contribution in [3.8, 4) is 5.75 Å². The Bertz CT molecular complexity index is 375.